The molecule has 0 bridgehead atoms. The van der Waals surface area contributed by atoms with Crippen LogP contribution in [0.15, 0.2) is 51.9 Å². The van der Waals surface area contributed by atoms with Crippen molar-refractivity contribution in [1.29, 1.82) is 0 Å². The molecule has 3 aromatic rings. The highest BCUT2D eigenvalue weighted by atomic mass is 35.5. The van der Waals surface area contributed by atoms with Gasteiger partial charge in [0.05, 0.1) is 47.6 Å². The SMILES string of the molecule is CCOc1ccc([C@@H]2C(C(=O)OC)=CN=c3s/c(=C/c4cc(Cl)cc(Cl)c4OC(C)C)c(=O)n32)cc1OCC. The van der Waals surface area contributed by atoms with Gasteiger partial charge in [0.15, 0.2) is 16.3 Å². The number of carbonyl (C=O) groups excluding carboxylic acids is 1. The summed E-state index contributed by atoms with van der Waals surface area (Å²) >= 11 is 13.9. The Kier molecular flexibility index (Phi) is 9.04. The van der Waals surface area contributed by atoms with Crippen molar-refractivity contribution < 1.29 is 23.7 Å². The zero-order valence-corrected chi connectivity index (χ0v) is 24.4. The molecule has 0 saturated heterocycles. The van der Waals surface area contributed by atoms with E-state index < -0.39 is 12.0 Å². The minimum atomic E-state index is -0.805. The summed E-state index contributed by atoms with van der Waals surface area (Å²) in [5, 5.41) is 0.734. The molecule has 0 N–H and O–H groups in total. The van der Waals surface area contributed by atoms with Crippen molar-refractivity contribution in [3.63, 3.8) is 0 Å². The van der Waals surface area contributed by atoms with Gasteiger partial charge in [-0.1, -0.05) is 40.6 Å². The molecule has 0 amide bonds. The maximum Gasteiger partial charge on any atom is 0.337 e. The zero-order chi connectivity index (χ0) is 28.3. The van der Waals surface area contributed by atoms with Crippen molar-refractivity contribution >= 4 is 46.6 Å². The molecule has 11 heteroatoms. The number of nitrogens with zero attached hydrogens (tertiary/aromatic N) is 2. The summed E-state index contributed by atoms with van der Waals surface area (Å²) in [6, 6.07) is 7.79. The Morgan fingerprint density at radius 2 is 1.85 bits per heavy atom. The Morgan fingerprint density at radius 1 is 1.13 bits per heavy atom. The van der Waals surface area contributed by atoms with Crippen LogP contribution in [-0.2, 0) is 9.53 Å². The van der Waals surface area contributed by atoms with Crippen LogP contribution < -0.4 is 29.1 Å². The topological polar surface area (TPSA) is 88.4 Å². The van der Waals surface area contributed by atoms with Gasteiger partial charge in [0.2, 0.25) is 0 Å². The van der Waals surface area contributed by atoms with E-state index in [1.807, 2.05) is 27.7 Å². The lowest BCUT2D eigenvalue weighted by Gasteiger charge is -2.23. The summed E-state index contributed by atoms with van der Waals surface area (Å²) in [4.78, 5) is 31.5. The van der Waals surface area contributed by atoms with E-state index in [-0.39, 0.29) is 17.2 Å². The molecule has 1 atom stereocenters. The molecular weight excluding hydrogens is 563 g/mol. The van der Waals surface area contributed by atoms with Crippen molar-refractivity contribution in [2.45, 2.75) is 39.8 Å². The monoisotopic (exact) mass is 590 g/mol. The smallest absolute Gasteiger partial charge is 0.337 e. The highest BCUT2D eigenvalue weighted by molar-refractivity contribution is 7.07. The predicted molar refractivity (Wildman–Crippen MR) is 152 cm³/mol. The van der Waals surface area contributed by atoms with E-state index in [0.29, 0.717) is 61.0 Å². The number of hydrogen-bond acceptors (Lipinski definition) is 8. The van der Waals surface area contributed by atoms with Gasteiger partial charge in [0, 0.05) is 16.8 Å². The molecule has 0 spiro atoms. The number of methoxy groups -OCH3 is 1. The van der Waals surface area contributed by atoms with Crippen LogP contribution in [0.4, 0.5) is 0 Å². The Morgan fingerprint density at radius 3 is 2.51 bits per heavy atom. The van der Waals surface area contributed by atoms with Gasteiger partial charge in [0.1, 0.15) is 5.75 Å². The number of fused-ring (bicyclic) bond motifs is 1. The Labute approximate surface area is 239 Å². The summed E-state index contributed by atoms with van der Waals surface area (Å²) in [6.07, 6.45) is 2.95. The van der Waals surface area contributed by atoms with Crippen molar-refractivity contribution in [1.82, 2.24) is 4.57 Å². The fourth-order valence-electron chi connectivity index (χ4n) is 4.18. The standard InChI is InChI=1S/C28H28Cl2N2O6S/c1-6-36-21-9-8-16(11-22(21)37-7-2)24-19(27(34)35-5)14-31-28-32(24)26(33)23(39-28)12-17-10-18(29)13-20(30)25(17)38-15(3)4/h8-15,24H,6-7H2,1-5H3/b23-12+/t24-/m1/s1. The second kappa shape index (κ2) is 12.3. The molecule has 0 radical (unpaired) electrons. The predicted octanol–water partition coefficient (Wildman–Crippen LogP) is 4.91. The number of hydrogen-bond donors (Lipinski definition) is 0. The number of thiazole rings is 1. The average molecular weight is 592 g/mol. The van der Waals surface area contributed by atoms with Gasteiger partial charge in [-0.25, -0.2) is 9.79 Å². The molecule has 0 saturated carbocycles. The molecule has 0 unspecified atom stereocenters. The van der Waals surface area contributed by atoms with Crippen LogP contribution in [-0.4, -0.2) is 37.0 Å². The van der Waals surface area contributed by atoms with E-state index in [1.165, 1.54) is 29.2 Å². The van der Waals surface area contributed by atoms with Crippen LogP contribution in [0.25, 0.3) is 6.08 Å². The van der Waals surface area contributed by atoms with Crippen molar-refractivity contribution in [3.05, 3.63) is 83.0 Å². The Bertz CT molecular complexity index is 1610. The van der Waals surface area contributed by atoms with Crippen LogP contribution in [0.2, 0.25) is 10.0 Å². The lowest BCUT2D eigenvalue weighted by Crippen LogP contribution is -2.39. The number of halogens is 2. The molecule has 2 aromatic carbocycles. The van der Waals surface area contributed by atoms with Gasteiger partial charge < -0.3 is 18.9 Å². The van der Waals surface area contributed by atoms with Gasteiger partial charge in [-0.3, -0.25) is 9.36 Å². The van der Waals surface area contributed by atoms with Gasteiger partial charge in [0.25, 0.3) is 5.56 Å². The number of ether oxygens (including phenoxy) is 4. The lowest BCUT2D eigenvalue weighted by molar-refractivity contribution is -0.136. The van der Waals surface area contributed by atoms with Crippen LogP contribution >= 0.6 is 34.5 Å². The van der Waals surface area contributed by atoms with E-state index in [1.54, 1.807) is 36.4 Å². The summed E-state index contributed by atoms with van der Waals surface area (Å²) < 4.78 is 24.3. The molecule has 1 aromatic heterocycles. The number of esters is 1. The van der Waals surface area contributed by atoms with Gasteiger partial charge >= 0.3 is 5.97 Å². The third-order valence-electron chi connectivity index (χ3n) is 5.69. The minimum absolute atomic E-state index is 0.154. The molecule has 39 heavy (non-hydrogen) atoms. The van der Waals surface area contributed by atoms with Crippen molar-refractivity contribution in [2.24, 2.45) is 4.99 Å². The average Bonchev–Trinajstić information content (AvgIpc) is 3.21. The van der Waals surface area contributed by atoms with Crippen molar-refractivity contribution in [3.8, 4) is 17.2 Å². The minimum Gasteiger partial charge on any atom is -0.490 e. The normalized spacial score (nSPS) is 14.9. The maximum absolute atomic E-state index is 13.9. The number of benzene rings is 2. The molecule has 2 heterocycles. The molecule has 8 nitrogen and oxygen atoms in total. The van der Waals surface area contributed by atoms with E-state index in [4.69, 9.17) is 42.1 Å². The van der Waals surface area contributed by atoms with Gasteiger partial charge in [-0.15, -0.1) is 0 Å². The lowest BCUT2D eigenvalue weighted by atomic mass is 9.97. The Hall–Kier alpha value is -3.27. The maximum atomic E-state index is 13.9. The molecular formula is C28H28Cl2N2O6S. The quantitative estimate of drug-likeness (QED) is 0.329. The number of rotatable bonds is 9. The Balaban J connectivity index is 1.93. The first kappa shape index (κ1) is 28.7. The molecule has 1 aliphatic rings. The van der Waals surface area contributed by atoms with Gasteiger partial charge in [-0.2, -0.15) is 0 Å². The molecule has 206 valence electrons. The first-order valence-electron chi connectivity index (χ1n) is 12.3. The summed E-state index contributed by atoms with van der Waals surface area (Å²) in [7, 11) is 1.29. The van der Waals surface area contributed by atoms with E-state index >= 15 is 0 Å². The first-order valence-corrected chi connectivity index (χ1v) is 13.9. The fraction of sp³-hybridized carbons (Fsp3) is 0.321. The van der Waals surface area contributed by atoms with Crippen molar-refractivity contribution in [2.75, 3.05) is 20.3 Å². The molecule has 4 rings (SSSR count). The van der Waals surface area contributed by atoms with E-state index in [2.05, 4.69) is 4.99 Å². The highest BCUT2D eigenvalue weighted by Gasteiger charge is 2.31. The summed E-state index contributed by atoms with van der Waals surface area (Å²) in [5.41, 5.74) is 1.04. The third-order valence-corrected chi connectivity index (χ3v) is 7.18. The first-order chi connectivity index (χ1) is 18.7. The van der Waals surface area contributed by atoms with Crippen LogP contribution in [0, 0.1) is 0 Å². The zero-order valence-electron chi connectivity index (χ0n) is 22.1. The van der Waals surface area contributed by atoms with Crippen LogP contribution in [0.5, 0.6) is 17.2 Å². The fourth-order valence-corrected chi connectivity index (χ4v) is 5.69. The molecule has 0 fully saturated rings. The molecule has 0 aliphatic carbocycles. The van der Waals surface area contributed by atoms with Crippen LogP contribution in [0.1, 0.15) is 44.9 Å². The van der Waals surface area contributed by atoms with Crippen LogP contribution in [0.3, 0.4) is 0 Å². The second-order valence-electron chi connectivity index (χ2n) is 8.72. The largest absolute Gasteiger partial charge is 0.490 e. The second-order valence-corrected chi connectivity index (χ2v) is 10.6. The third kappa shape index (κ3) is 6.00. The summed E-state index contributed by atoms with van der Waals surface area (Å²) in [5.74, 6) is 0.888. The summed E-state index contributed by atoms with van der Waals surface area (Å²) in [6.45, 7) is 8.37. The van der Waals surface area contributed by atoms with Gasteiger partial charge in [-0.05, 0) is 63.6 Å². The number of carbonyl (C=O) groups is 1. The molecule has 1 aliphatic heterocycles. The highest BCUT2D eigenvalue weighted by Crippen LogP contribution is 2.36. The number of aromatic nitrogens is 1. The van der Waals surface area contributed by atoms with E-state index in [0.717, 1.165) is 0 Å². The van der Waals surface area contributed by atoms with E-state index in [9.17, 15) is 9.59 Å².